The molecule has 2 heterocycles. The number of hydrogen-bond acceptors (Lipinski definition) is 7. The number of methoxy groups -OCH3 is 2. The van der Waals surface area contributed by atoms with Crippen molar-refractivity contribution in [3.8, 4) is 5.75 Å². The Morgan fingerprint density at radius 3 is 2.47 bits per heavy atom. The van der Waals surface area contributed by atoms with Gasteiger partial charge in [0.15, 0.2) is 0 Å². The van der Waals surface area contributed by atoms with E-state index in [1.807, 2.05) is 25.1 Å². The van der Waals surface area contributed by atoms with Crippen molar-refractivity contribution in [1.82, 2.24) is 14.3 Å². The summed E-state index contributed by atoms with van der Waals surface area (Å²) in [6, 6.07) is 7.94. The molecule has 0 bridgehead atoms. The minimum absolute atomic E-state index is 0.124. The van der Waals surface area contributed by atoms with E-state index in [0.29, 0.717) is 45.0 Å². The Balaban J connectivity index is 1.93. The van der Waals surface area contributed by atoms with Crippen LogP contribution in [0.5, 0.6) is 5.75 Å². The zero-order valence-corrected chi connectivity index (χ0v) is 18.9. The third-order valence-electron chi connectivity index (χ3n) is 5.28. The van der Waals surface area contributed by atoms with Gasteiger partial charge >= 0.3 is 0 Å². The zero-order valence-electron chi connectivity index (χ0n) is 18.1. The summed E-state index contributed by atoms with van der Waals surface area (Å²) in [7, 11) is 0.128. The molecule has 3 rings (SSSR count). The smallest absolute Gasteiger partial charge is 0.213 e. The number of sulfonamides is 1. The predicted octanol–water partition coefficient (Wildman–Crippen LogP) is 2.00. The molecule has 0 unspecified atom stereocenters. The van der Waals surface area contributed by atoms with E-state index in [2.05, 4.69) is 16.0 Å². The monoisotopic (exact) mass is 434 g/mol. The van der Waals surface area contributed by atoms with Crippen LogP contribution in [0.25, 0.3) is 0 Å². The van der Waals surface area contributed by atoms with Gasteiger partial charge in [-0.3, -0.25) is 0 Å². The predicted molar refractivity (Wildman–Crippen MR) is 117 cm³/mol. The van der Waals surface area contributed by atoms with Crippen LogP contribution in [0.4, 0.5) is 5.82 Å². The lowest BCUT2D eigenvalue weighted by Gasteiger charge is -2.35. The Labute approximate surface area is 178 Å². The first-order valence-electron chi connectivity index (χ1n) is 10.1. The SMILES string of the molecule is CCS(=O)(=O)N1CCN(c2nc(C)nc(COC)c2Cc2cccc(OC)c2)CC1. The molecule has 2 aromatic rings. The molecule has 1 aliphatic rings. The van der Waals surface area contributed by atoms with Crippen molar-refractivity contribution in [2.75, 3.05) is 51.1 Å². The van der Waals surface area contributed by atoms with E-state index < -0.39 is 10.0 Å². The maximum atomic E-state index is 12.2. The van der Waals surface area contributed by atoms with Crippen LogP contribution >= 0.6 is 0 Å². The van der Waals surface area contributed by atoms with Crippen molar-refractivity contribution in [3.05, 3.63) is 46.9 Å². The molecule has 1 aliphatic heterocycles. The summed E-state index contributed by atoms with van der Waals surface area (Å²) >= 11 is 0. The van der Waals surface area contributed by atoms with Gasteiger partial charge in [-0.2, -0.15) is 4.31 Å². The molecule has 8 nitrogen and oxygen atoms in total. The van der Waals surface area contributed by atoms with Gasteiger partial charge in [0, 0.05) is 45.3 Å². The van der Waals surface area contributed by atoms with Crippen molar-refractivity contribution < 1.29 is 17.9 Å². The number of benzene rings is 1. The van der Waals surface area contributed by atoms with Crippen molar-refractivity contribution in [1.29, 1.82) is 0 Å². The van der Waals surface area contributed by atoms with Crippen molar-refractivity contribution in [2.24, 2.45) is 0 Å². The molecule has 30 heavy (non-hydrogen) atoms. The second-order valence-corrected chi connectivity index (χ2v) is 9.53. The summed E-state index contributed by atoms with van der Waals surface area (Å²) in [4.78, 5) is 11.5. The molecule has 0 amide bonds. The van der Waals surface area contributed by atoms with Crippen molar-refractivity contribution in [2.45, 2.75) is 26.9 Å². The van der Waals surface area contributed by atoms with E-state index in [9.17, 15) is 8.42 Å². The molecule has 1 saturated heterocycles. The molecular weight excluding hydrogens is 404 g/mol. The number of rotatable bonds is 8. The molecule has 0 saturated carbocycles. The van der Waals surface area contributed by atoms with Crippen LogP contribution < -0.4 is 9.64 Å². The summed E-state index contributed by atoms with van der Waals surface area (Å²) in [6.45, 7) is 6.03. The van der Waals surface area contributed by atoms with Crippen LogP contribution in [0.1, 0.15) is 29.6 Å². The quantitative estimate of drug-likeness (QED) is 0.628. The van der Waals surface area contributed by atoms with E-state index in [0.717, 1.165) is 28.4 Å². The first-order chi connectivity index (χ1) is 14.4. The molecular formula is C21H30N4O4S. The molecule has 164 valence electrons. The Morgan fingerprint density at radius 1 is 1.10 bits per heavy atom. The van der Waals surface area contributed by atoms with E-state index in [1.165, 1.54) is 0 Å². The van der Waals surface area contributed by atoms with Gasteiger partial charge in [0.05, 0.1) is 25.2 Å². The first-order valence-corrected chi connectivity index (χ1v) is 11.7. The number of aromatic nitrogens is 2. The number of hydrogen-bond donors (Lipinski definition) is 0. The van der Waals surface area contributed by atoms with Crippen LogP contribution in [0, 0.1) is 6.92 Å². The van der Waals surface area contributed by atoms with Gasteiger partial charge in [0.2, 0.25) is 10.0 Å². The number of piperazine rings is 1. The Morgan fingerprint density at radius 2 is 1.83 bits per heavy atom. The normalized spacial score (nSPS) is 15.4. The van der Waals surface area contributed by atoms with Crippen LogP contribution in [-0.2, 0) is 27.8 Å². The van der Waals surface area contributed by atoms with E-state index in [-0.39, 0.29) is 5.75 Å². The van der Waals surface area contributed by atoms with Gasteiger partial charge < -0.3 is 14.4 Å². The van der Waals surface area contributed by atoms with Crippen LogP contribution in [0.2, 0.25) is 0 Å². The summed E-state index contributed by atoms with van der Waals surface area (Å²) in [5.41, 5.74) is 2.95. The lowest BCUT2D eigenvalue weighted by molar-refractivity contribution is 0.180. The average Bonchev–Trinajstić information content (AvgIpc) is 2.75. The average molecular weight is 435 g/mol. The van der Waals surface area contributed by atoms with Gasteiger partial charge in [-0.05, 0) is 31.5 Å². The van der Waals surface area contributed by atoms with Crippen molar-refractivity contribution in [3.63, 3.8) is 0 Å². The minimum atomic E-state index is -3.18. The Kier molecular flexibility index (Phi) is 7.27. The Hall–Kier alpha value is -2.23. The highest BCUT2D eigenvalue weighted by molar-refractivity contribution is 7.89. The van der Waals surface area contributed by atoms with Gasteiger partial charge in [-0.25, -0.2) is 18.4 Å². The standard InChI is InChI=1S/C21H30N4O4S/c1-5-30(26,27)25-11-9-24(10-12-25)21-19(20(15-28-3)22-16(2)23-21)14-17-7-6-8-18(13-17)29-4/h6-8,13H,5,9-12,14-15H2,1-4H3. The van der Waals surface area contributed by atoms with E-state index >= 15 is 0 Å². The number of nitrogens with zero attached hydrogens (tertiary/aromatic N) is 4. The molecule has 1 fully saturated rings. The van der Waals surface area contributed by atoms with Crippen molar-refractivity contribution >= 4 is 15.8 Å². The van der Waals surface area contributed by atoms with Gasteiger partial charge in [-0.15, -0.1) is 0 Å². The third kappa shape index (κ3) is 5.08. The number of aryl methyl sites for hydroxylation is 1. The summed E-state index contributed by atoms with van der Waals surface area (Å²) in [5, 5.41) is 0. The third-order valence-corrected chi connectivity index (χ3v) is 7.16. The molecule has 1 aromatic carbocycles. The zero-order chi connectivity index (χ0) is 21.7. The second-order valence-electron chi connectivity index (χ2n) is 7.27. The summed E-state index contributed by atoms with van der Waals surface area (Å²) in [5.74, 6) is 2.45. The van der Waals surface area contributed by atoms with Crippen LogP contribution in [0.3, 0.4) is 0 Å². The van der Waals surface area contributed by atoms with Crippen LogP contribution in [-0.4, -0.2) is 68.8 Å². The van der Waals surface area contributed by atoms with E-state index in [4.69, 9.17) is 14.5 Å². The van der Waals surface area contributed by atoms with Gasteiger partial charge in [0.25, 0.3) is 0 Å². The lowest BCUT2D eigenvalue weighted by Crippen LogP contribution is -2.49. The highest BCUT2D eigenvalue weighted by atomic mass is 32.2. The maximum Gasteiger partial charge on any atom is 0.213 e. The fourth-order valence-electron chi connectivity index (χ4n) is 3.68. The molecule has 0 radical (unpaired) electrons. The fourth-order valence-corrected chi connectivity index (χ4v) is 4.77. The first kappa shape index (κ1) is 22.5. The minimum Gasteiger partial charge on any atom is -0.497 e. The van der Waals surface area contributed by atoms with Gasteiger partial charge in [-0.1, -0.05) is 12.1 Å². The molecule has 0 N–H and O–H groups in total. The molecule has 0 spiro atoms. The molecule has 0 atom stereocenters. The lowest BCUT2D eigenvalue weighted by atomic mass is 10.0. The molecule has 0 aliphatic carbocycles. The van der Waals surface area contributed by atoms with Gasteiger partial charge in [0.1, 0.15) is 17.4 Å². The topological polar surface area (TPSA) is 84.9 Å². The largest absolute Gasteiger partial charge is 0.497 e. The second kappa shape index (κ2) is 9.72. The highest BCUT2D eigenvalue weighted by Crippen LogP contribution is 2.27. The molecule has 1 aromatic heterocycles. The maximum absolute atomic E-state index is 12.2. The highest BCUT2D eigenvalue weighted by Gasteiger charge is 2.28. The molecule has 9 heteroatoms. The number of ether oxygens (including phenoxy) is 2. The summed E-state index contributed by atoms with van der Waals surface area (Å²) in [6.07, 6.45) is 0.638. The van der Waals surface area contributed by atoms with Crippen LogP contribution in [0.15, 0.2) is 24.3 Å². The summed E-state index contributed by atoms with van der Waals surface area (Å²) < 4.78 is 36.8. The fraction of sp³-hybridized carbons (Fsp3) is 0.524. The Bertz CT molecular complexity index is 973. The number of anilines is 1. The van der Waals surface area contributed by atoms with E-state index in [1.54, 1.807) is 25.4 Å².